The molecule has 3 N–H and O–H groups in total. The van der Waals surface area contributed by atoms with Gasteiger partial charge in [0.15, 0.2) is 0 Å². The van der Waals surface area contributed by atoms with E-state index in [9.17, 15) is 9.00 Å². The number of methoxy groups -OCH3 is 1. The number of rotatable bonds is 6. The van der Waals surface area contributed by atoms with Gasteiger partial charge >= 0.3 is 5.97 Å². The zero-order valence-corrected chi connectivity index (χ0v) is 12.3. The minimum Gasteiger partial charge on any atom is -0.465 e. The number of hydrogen-bond acceptors (Lipinski definition) is 5. The van der Waals surface area contributed by atoms with Crippen molar-refractivity contribution < 1.29 is 13.7 Å². The molecule has 0 amide bonds. The third kappa shape index (κ3) is 4.24. The number of carbonyl (C=O) groups is 1. The van der Waals surface area contributed by atoms with Crippen LogP contribution in [-0.2, 0) is 15.5 Å². The van der Waals surface area contributed by atoms with Crippen molar-refractivity contribution in [2.75, 3.05) is 36.2 Å². The van der Waals surface area contributed by atoms with Gasteiger partial charge < -0.3 is 15.8 Å². The summed E-state index contributed by atoms with van der Waals surface area (Å²) in [7, 11) is 0.516. The van der Waals surface area contributed by atoms with E-state index in [2.05, 4.69) is 5.32 Å². The van der Waals surface area contributed by atoms with E-state index in [0.717, 1.165) is 11.3 Å². The molecule has 0 radical (unpaired) electrons. The van der Waals surface area contributed by atoms with Gasteiger partial charge in [0.05, 0.1) is 12.7 Å². The van der Waals surface area contributed by atoms with E-state index in [1.165, 1.54) is 7.11 Å². The minimum atomic E-state index is -0.805. The number of benzene rings is 1. The Kier molecular flexibility index (Phi) is 5.82. The maximum absolute atomic E-state index is 11.6. The fourth-order valence-corrected chi connectivity index (χ4v) is 2.25. The Hall–Kier alpha value is -1.56. The zero-order valence-electron chi connectivity index (χ0n) is 11.5. The van der Waals surface area contributed by atoms with Gasteiger partial charge in [-0.25, -0.2) is 4.79 Å². The Morgan fingerprint density at radius 2 is 2.16 bits per heavy atom. The molecule has 0 fully saturated rings. The quantitative estimate of drug-likeness (QED) is 0.612. The molecule has 0 bridgehead atoms. The predicted octanol–water partition coefficient (Wildman–Crippen LogP) is 1.54. The van der Waals surface area contributed by atoms with Crippen LogP contribution >= 0.6 is 0 Å². The number of nitrogens with one attached hydrogen (secondary N) is 1. The van der Waals surface area contributed by atoms with Crippen molar-refractivity contribution in [3.05, 3.63) is 23.3 Å². The monoisotopic (exact) mass is 284 g/mol. The second kappa shape index (κ2) is 7.13. The molecule has 1 aromatic carbocycles. The van der Waals surface area contributed by atoms with Crippen molar-refractivity contribution >= 4 is 28.1 Å². The van der Waals surface area contributed by atoms with Crippen molar-refractivity contribution in [3.63, 3.8) is 0 Å². The fourth-order valence-electron chi connectivity index (χ4n) is 1.63. The highest BCUT2D eigenvalue weighted by molar-refractivity contribution is 7.84. The van der Waals surface area contributed by atoms with E-state index in [1.807, 2.05) is 19.9 Å². The lowest BCUT2D eigenvalue weighted by molar-refractivity contribution is 0.0602. The van der Waals surface area contributed by atoms with Gasteiger partial charge in [-0.1, -0.05) is 6.92 Å². The van der Waals surface area contributed by atoms with Crippen LogP contribution in [0.3, 0.4) is 0 Å². The van der Waals surface area contributed by atoms with Crippen molar-refractivity contribution in [2.24, 2.45) is 0 Å². The number of nitrogens with two attached hydrogens (primary N) is 1. The molecule has 5 nitrogen and oxygen atoms in total. The summed E-state index contributed by atoms with van der Waals surface area (Å²) in [5.74, 6) is 0.768. The molecule has 0 aromatic heterocycles. The Morgan fingerprint density at radius 3 is 2.74 bits per heavy atom. The van der Waals surface area contributed by atoms with Crippen molar-refractivity contribution in [3.8, 4) is 0 Å². The summed E-state index contributed by atoms with van der Waals surface area (Å²) >= 11 is 0. The topological polar surface area (TPSA) is 81.4 Å². The van der Waals surface area contributed by atoms with Crippen molar-refractivity contribution in [2.45, 2.75) is 13.8 Å². The average molecular weight is 284 g/mol. The largest absolute Gasteiger partial charge is 0.465 e. The first-order chi connectivity index (χ1) is 8.99. The number of aryl methyl sites for hydroxylation is 1. The summed E-state index contributed by atoms with van der Waals surface area (Å²) in [6, 6.07) is 3.51. The molecule has 0 aliphatic rings. The highest BCUT2D eigenvalue weighted by Gasteiger charge is 2.13. The molecule has 1 rings (SSSR count). The summed E-state index contributed by atoms with van der Waals surface area (Å²) in [6.07, 6.45) is 0. The first-order valence-electron chi connectivity index (χ1n) is 6.06. The summed E-state index contributed by atoms with van der Waals surface area (Å²) in [5, 5.41) is 3.14. The molecule has 1 aromatic rings. The molecule has 6 heteroatoms. The van der Waals surface area contributed by atoms with E-state index in [0.29, 0.717) is 29.3 Å². The van der Waals surface area contributed by atoms with Gasteiger partial charge in [-0.3, -0.25) is 4.21 Å². The number of anilines is 2. The summed E-state index contributed by atoms with van der Waals surface area (Å²) in [4.78, 5) is 11.6. The summed E-state index contributed by atoms with van der Waals surface area (Å²) in [6.45, 7) is 4.31. The molecular formula is C13H20N2O3S. The van der Waals surface area contributed by atoms with E-state index >= 15 is 0 Å². The Morgan fingerprint density at radius 1 is 1.47 bits per heavy atom. The first-order valence-corrected chi connectivity index (χ1v) is 7.55. The van der Waals surface area contributed by atoms with E-state index in [-0.39, 0.29) is 0 Å². The molecule has 0 spiro atoms. The Balaban J connectivity index is 2.82. The molecule has 0 aliphatic heterocycles. The third-order valence-electron chi connectivity index (χ3n) is 2.77. The first kappa shape index (κ1) is 15.5. The molecule has 1 unspecified atom stereocenters. The van der Waals surface area contributed by atoms with Crippen LogP contribution in [0.15, 0.2) is 12.1 Å². The lowest BCUT2D eigenvalue weighted by atomic mass is 10.1. The molecule has 1 atom stereocenters. The smallest absolute Gasteiger partial charge is 0.340 e. The van der Waals surface area contributed by atoms with Crippen molar-refractivity contribution in [1.29, 1.82) is 0 Å². The molecule has 0 heterocycles. The molecule has 0 saturated heterocycles. The lowest BCUT2D eigenvalue weighted by Gasteiger charge is -2.12. The highest BCUT2D eigenvalue weighted by atomic mass is 32.2. The van der Waals surface area contributed by atoms with E-state index < -0.39 is 16.8 Å². The molecule has 106 valence electrons. The minimum absolute atomic E-state index is 0.349. The number of carbonyl (C=O) groups excluding carboxylic acids is 1. The van der Waals surface area contributed by atoms with Gasteiger partial charge in [0.25, 0.3) is 0 Å². The molecule has 19 heavy (non-hydrogen) atoms. The van der Waals surface area contributed by atoms with Gasteiger partial charge in [-0.05, 0) is 24.6 Å². The lowest BCUT2D eigenvalue weighted by Crippen LogP contribution is -2.13. The van der Waals surface area contributed by atoms with Gasteiger partial charge in [-0.2, -0.15) is 0 Å². The molecule has 0 saturated carbocycles. The van der Waals surface area contributed by atoms with Crippen LogP contribution in [0.2, 0.25) is 0 Å². The predicted molar refractivity (Wildman–Crippen MR) is 79.0 cm³/mol. The highest BCUT2D eigenvalue weighted by Crippen LogP contribution is 2.23. The maximum atomic E-state index is 11.6. The van der Waals surface area contributed by atoms with Crippen LogP contribution in [0.5, 0.6) is 0 Å². The summed E-state index contributed by atoms with van der Waals surface area (Å²) in [5.41, 5.74) is 8.21. The standard InChI is InChI=1S/C13H20N2O3S/c1-4-19(17)6-5-15-10-7-9(2)12(14)11(8-10)13(16)18-3/h7-8,15H,4-6,14H2,1-3H3. The molecular weight excluding hydrogens is 264 g/mol. The van der Waals surface area contributed by atoms with E-state index in [4.69, 9.17) is 10.5 Å². The second-order valence-electron chi connectivity index (χ2n) is 4.11. The number of hydrogen-bond donors (Lipinski definition) is 2. The number of nitrogen functional groups attached to an aromatic ring is 1. The average Bonchev–Trinajstić information content (AvgIpc) is 2.41. The van der Waals surface area contributed by atoms with Crippen LogP contribution in [-0.4, -0.2) is 35.3 Å². The van der Waals surface area contributed by atoms with Gasteiger partial charge in [0, 0.05) is 40.2 Å². The normalized spacial score (nSPS) is 11.9. The molecule has 0 aliphatic carbocycles. The van der Waals surface area contributed by atoms with Crippen LogP contribution in [0.25, 0.3) is 0 Å². The fraction of sp³-hybridized carbons (Fsp3) is 0.462. The van der Waals surface area contributed by atoms with Gasteiger partial charge in [0.1, 0.15) is 0 Å². The van der Waals surface area contributed by atoms with Gasteiger partial charge in [-0.15, -0.1) is 0 Å². The zero-order chi connectivity index (χ0) is 14.4. The number of esters is 1. The van der Waals surface area contributed by atoms with Crippen LogP contribution < -0.4 is 11.1 Å². The van der Waals surface area contributed by atoms with E-state index in [1.54, 1.807) is 6.07 Å². The SMILES string of the molecule is CCS(=O)CCNc1cc(C)c(N)c(C(=O)OC)c1. The van der Waals surface area contributed by atoms with Crippen molar-refractivity contribution in [1.82, 2.24) is 0 Å². The third-order valence-corrected chi connectivity index (χ3v) is 4.08. The number of ether oxygens (including phenoxy) is 1. The van der Waals surface area contributed by atoms with Crippen LogP contribution in [0.4, 0.5) is 11.4 Å². The van der Waals surface area contributed by atoms with Gasteiger partial charge in [0.2, 0.25) is 0 Å². The second-order valence-corrected chi connectivity index (χ2v) is 5.97. The van der Waals surface area contributed by atoms with Crippen LogP contribution in [0, 0.1) is 6.92 Å². The maximum Gasteiger partial charge on any atom is 0.340 e. The Bertz CT molecular complexity index is 489. The van der Waals surface area contributed by atoms with Crippen LogP contribution in [0.1, 0.15) is 22.8 Å². The Labute approximate surface area is 116 Å². The summed E-state index contributed by atoms with van der Waals surface area (Å²) < 4.78 is 16.0.